The summed E-state index contributed by atoms with van der Waals surface area (Å²) in [5.41, 5.74) is 3.52. The molecule has 3 atom stereocenters. The number of benzene rings is 1. The fourth-order valence-electron chi connectivity index (χ4n) is 3.15. The molecule has 0 aromatic heterocycles. The van der Waals surface area contributed by atoms with E-state index in [-0.39, 0.29) is 16.9 Å². The number of hydrazine groups is 1. The molecule has 1 aliphatic carbocycles. The maximum absolute atomic E-state index is 13.9. The van der Waals surface area contributed by atoms with E-state index in [1.807, 2.05) is 0 Å². The van der Waals surface area contributed by atoms with E-state index in [4.69, 9.17) is 17.4 Å². The van der Waals surface area contributed by atoms with Gasteiger partial charge in [-0.25, -0.2) is 4.39 Å². The molecule has 3 unspecified atom stereocenters. The molecule has 1 aromatic rings. The Balaban J connectivity index is 2.08. The first-order valence-corrected chi connectivity index (χ1v) is 7.38. The van der Waals surface area contributed by atoms with Crippen LogP contribution in [0.2, 0.25) is 5.02 Å². The number of nitrogens with one attached hydrogen (secondary N) is 1. The van der Waals surface area contributed by atoms with Crippen molar-refractivity contribution in [2.45, 2.75) is 45.1 Å². The molecule has 1 aliphatic rings. The van der Waals surface area contributed by atoms with Crippen LogP contribution in [-0.2, 0) is 6.42 Å². The molecule has 0 aliphatic heterocycles. The summed E-state index contributed by atoms with van der Waals surface area (Å²) in [4.78, 5) is 0. The SMILES string of the molecule is CC1CCCC(C(Cc2cccc(Cl)c2F)NN)C1. The van der Waals surface area contributed by atoms with E-state index < -0.39 is 0 Å². The molecule has 1 fully saturated rings. The standard InChI is InChI=1S/C15H22ClFN2/c1-10-4-2-5-11(8-10)14(19-18)9-12-6-3-7-13(16)15(12)17/h3,6-7,10-11,14,19H,2,4-5,8-9,18H2,1H3. The highest BCUT2D eigenvalue weighted by Crippen LogP contribution is 2.32. The smallest absolute Gasteiger partial charge is 0.145 e. The Hall–Kier alpha value is -0.640. The van der Waals surface area contributed by atoms with Gasteiger partial charge in [-0.15, -0.1) is 0 Å². The molecule has 0 amide bonds. The predicted octanol–water partition coefficient (Wildman–Crippen LogP) is 3.68. The van der Waals surface area contributed by atoms with Gasteiger partial charge >= 0.3 is 0 Å². The normalized spacial score (nSPS) is 25.3. The quantitative estimate of drug-likeness (QED) is 0.654. The van der Waals surface area contributed by atoms with Crippen molar-refractivity contribution in [3.63, 3.8) is 0 Å². The zero-order valence-corrected chi connectivity index (χ0v) is 12.1. The van der Waals surface area contributed by atoms with Crippen LogP contribution >= 0.6 is 11.6 Å². The van der Waals surface area contributed by atoms with Crippen molar-refractivity contribution in [2.75, 3.05) is 0 Å². The Bertz CT molecular complexity index is 425. The maximum Gasteiger partial charge on any atom is 0.145 e. The van der Waals surface area contributed by atoms with Gasteiger partial charge in [0.15, 0.2) is 0 Å². The summed E-state index contributed by atoms with van der Waals surface area (Å²) in [6.45, 7) is 2.28. The zero-order valence-electron chi connectivity index (χ0n) is 11.3. The number of hydrogen-bond donors (Lipinski definition) is 2. The molecule has 0 spiro atoms. The Morgan fingerprint density at radius 3 is 2.95 bits per heavy atom. The lowest BCUT2D eigenvalue weighted by Gasteiger charge is -2.33. The topological polar surface area (TPSA) is 38.0 Å². The van der Waals surface area contributed by atoms with Gasteiger partial charge in [-0.3, -0.25) is 11.3 Å². The molecule has 2 rings (SSSR count). The van der Waals surface area contributed by atoms with Crippen LogP contribution < -0.4 is 11.3 Å². The van der Waals surface area contributed by atoms with Crippen molar-refractivity contribution in [3.05, 3.63) is 34.6 Å². The minimum Gasteiger partial charge on any atom is -0.271 e. The van der Waals surface area contributed by atoms with Crippen LogP contribution in [0.3, 0.4) is 0 Å². The van der Waals surface area contributed by atoms with Crippen molar-refractivity contribution in [1.82, 2.24) is 5.43 Å². The molecule has 0 saturated heterocycles. The Kier molecular flexibility index (Phi) is 5.20. The van der Waals surface area contributed by atoms with Gasteiger partial charge in [-0.1, -0.05) is 43.5 Å². The van der Waals surface area contributed by atoms with Crippen LogP contribution in [0, 0.1) is 17.7 Å². The van der Waals surface area contributed by atoms with E-state index in [1.54, 1.807) is 18.2 Å². The molecule has 0 bridgehead atoms. The molecule has 1 saturated carbocycles. The second-order valence-corrected chi connectivity index (χ2v) is 6.13. The van der Waals surface area contributed by atoms with Gasteiger partial charge < -0.3 is 0 Å². The van der Waals surface area contributed by atoms with Crippen molar-refractivity contribution in [1.29, 1.82) is 0 Å². The molecule has 2 nitrogen and oxygen atoms in total. The van der Waals surface area contributed by atoms with E-state index in [1.165, 1.54) is 19.3 Å². The third kappa shape index (κ3) is 3.68. The van der Waals surface area contributed by atoms with Gasteiger partial charge in [0.25, 0.3) is 0 Å². The highest BCUT2D eigenvalue weighted by Gasteiger charge is 2.27. The summed E-state index contributed by atoms with van der Waals surface area (Å²) in [7, 11) is 0. The predicted molar refractivity (Wildman–Crippen MR) is 77.3 cm³/mol. The van der Waals surface area contributed by atoms with Gasteiger partial charge in [0.05, 0.1) is 5.02 Å². The van der Waals surface area contributed by atoms with Crippen LogP contribution in [0.1, 0.15) is 38.2 Å². The van der Waals surface area contributed by atoms with E-state index in [0.29, 0.717) is 17.9 Å². The largest absolute Gasteiger partial charge is 0.271 e. The second kappa shape index (κ2) is 6.69. The number of nitrogens with two attached hydrogens (primary N) is 1. The fourth-order valence-corrected chi connectivity index (χ4v) is 3.35. The van der Waals surface area contributed by atoms with Crippen molar-refractivity contribution in [2.24, 2.45) is 17.7 Å². The molecule has 19 heavy (non-hydrogen) atoms. The summed E-state index contributed by atoms with van der Waals surface area (Å²) in [6.07, 6.45) is 5.46. The molecule has 106 valence electrons. The van der Waals surface area contributed by atoms with Crippen LogP contribution in [0.4, 0.5) is 4.39 Å². The Morgan fingerprint density at radius 2 is 2.26 bits per heavy atom. The molecule has 1 aromatic carbocycles. The van der Waals surface area contributed by atoms with Crippen molar-refractivity contribution in [3.8, 4) is 0 Å². The lowest BCUT2D eigenvalue weighted by atomic mass is 9.77. The molecule has 4 heteroatoms. The van der Waals surface area contributed by atoms with Crippen LogP contribution in [0.15, 0.2) is 18.2 Å². The average molecular weight is 285 g/mol. The second-order valence-electron chi connectivity index (χ2n) is 5.72. The molecule has 3 N–H and O–H groups in total. The van der Waals surface area contributed by atoms with Gasteiger partial charge in [-0.05, 0) is 42.7 Å². The molecule has 0 radical (unpaired) electrons. The monoisotopic (exact) mass is 284 g/mol. The molecular weight excluding hydrogens is 263 g/mol. The minimum atomic E-state index is -0.312. The zero-order chi connectivity index (χ0) is 13.8. The lowest BCUT2D eigenvalue weighted by Crippen LogP contribution is -2.44. The summed E-state index contributed by atoms with van der Waals surface area (Å²) >= 11 is 5.82. The highest BCUT2D eigenvalue weighted by molar-refractivity contribution is 6.30. The first kappa shape index (κ1) is 14.8. The first-order chi connectivity index (χ1) is 9.11. The maximum atomic E-state index is 13.9. The summed E-state index contributed by atoms with van der Waals surface area (Å²) in [5.74, 6) is 6.62. The molecule has 0 heterocycles. The third-order valence-corrected chi connectivity index (χ3v) is 4.52. The summed E-state index contributed by atoms with van der Waals surface area (Å²) < 4.78 is 13.9. The van der Waals surface area contributed by atoms with Crippen molar-refractivity contribution >= 4 is 11.6 Å². The van der Waals surface area contributed by atoms with Crippen LogP contribution in [0.5, 0.6) is 0 Å². The van der Waals surface area contributed by atoms with Gasteiger partial charge in [0, 0.05) is 6.04 Å². The van der Waals surface area contributed by atoms with E-state index in [0.717, 1.165) is 12.3 Å². The number of rotatable bonds is 4. The van der Waals surface area contributed by atoms with Crippen LogP contribution in [-0.4, -0.2) is 6.04 Å². The third-order valence-electron chi connectivity index (χ3n) is 4.23. The first-order valence-electron chi connectivity index (χ1n) is 7.00. The molecular formula is C15H22ClFN2. The fraction of sp³-hybridized carbons (Fsp3) is 0.600. The Labute approximate surface area is 119 Å². The number of hydrogen-bond acceptors (Lipinski definition) is 2. The highest BCUT2D eigenvalue weighted by atomic mass is 35.5. The summed E-state index contributed by atoms with van der Waals surface area (Å²) in [5, 5.41) is 0.185. The summed E-state index contributed by atoms with van der Waals surface area (Å²) in [6, 6.07) is 5.28. The van der Waals surface area contributed by atoms with Gasteiger partial charge in [-0.2, -0.15) is 0 Å². The van der Waals surface area contributed by atoms with Gasteiger partial charge in [0.1, 0.15) is 5.82 Å². The minimum absolute atomic E-state index is 0.121. The Morgan fingerprint density at radius 1 is 1.47 bits per heavy atom. The van der Waals surface area contributed by atoms with Gasteiger partial charge in [0.2, 0.25) is 0 Å². The lowest BCUT2D eigenvalue weighted by molar-refractivity contribution is 0.221. The number of halogens is 2. The average Bonchev–Trinajstić information content (AvgIpc) is 2.40. The van der Waals surface area contributed by atoms with Crippen LogP contribution in [0.25, 0.3) is 0 Å². The van der Waals surface area contributed by atoms with E-state index >= 15 is 0 Å². The van der Waals surface area contributed by atoms with E-state index in [2.05, 4.69) is 12.3 Å². The van der Waals surface area contributed by atoms with Crippen molar-refractivity contribution < 1.29 is 4.39 Å². The van der Waals surface area contributed by atoms with E-state index in [9.17, 15) is 4.39 Å².